The third-order valence-corrected chi connectivity index (χ3v) is 13.2. The molecule has 30 atom stereocenters. The molecule has 66 heavy (non-hydrogen) atoms. The Morgan fingerprint density at radius 2 is 0.348 bits per heavy atom. The maximum atomic E-state index is 11.4. The summed E-state index contributed by atoms with van der Waals surface area (Å²) in [5.41, 5.74) is 38.1. The van der Waals surface area contributed by atoms with Crippen LogP contribution in [0.15, 0.2) is 0 Å². The maximum Gasteiger partial charge on any atom is 0.176 e. The molecular weight excluding hydrogens is 900 g/mol. The lowest BCUT2D eigenvalue weighted by Gasteiger charge is -2.51. The summed E-state index contributed by atoms with van der Waals surface area (Å²) in [5.74, 6) is 0. The molecule has 22 rings (SSSR count). The van der Waals surface area contributed by atoms with Gasteiger partial charge in [0.1, 0.15) is 110 Å². The van der Waals surface area contributed by atoms with E-state index in [4.69, 9.17) is 91.2 Å². The molecule has 0 aromatic heterocycles. The molecule has 0 aliphatic carbocycles. The molecule has 0 saturated carbocycles. The van der Waals surface area contributed by atoms with Crippen molar-refractivity contribution < 1.29 is 118 Å². The fourth-order valence-corrected chi connectivity index (χ4v) is 9.20. The third-order valence-electron chi connectivity index (χ3n) is 13.2. The molecule has 22 heterocycles. The van der Waals surface area contributed by atoms with Crippen LogP contribution in [-0.4, -0.2) is 285 Å². The van der Waals surface area contributed by atoms with Gasteiger partial charge in [0.2, 0.25) is 0 Å². The van der Waals surface area contributed by atoms with E-state index in [0.717, 1.165) is 0 Å². The zero-order valence-corrected chi connectivity index (χ0v) is 35.3. The Labute approximate surface area is 375 Å². The molecule has 22 fully saturated rings. The normalized spacial score (nSPS) is 55.4. The minimum absolute atomic E-state index is 0.847. The van der Waals surface area contributed by atoms with Gasteiger partial charge in [-0.1, -0.05) is 0 Å². The smallest absolute Gasteiger partial charge is 0.176 e. The summed E-state index contributed by atoms with van der Waals surface area (Å²) < 4.78 is 70.9. The number of aliphatic hydroxyl groups excluding tert-OH is 12. The van der Waals surface area contributed by atoms with Gasteiger partial charge in [0.15, 0.2) is 37.7 Å². The predicted octanol–water partition coefficient (Wildman–Crippen LogP) is -13.3. The molecule has 0 spiro atoms. The first-order valence-corrected chi connectivity index (χ1v) is 21.6. The molecule has 22 aliphatic rings. The molecule has 0 aromatic rings. The highest BCUT2D eigenvalue weighted by atomic mass is 16.8. The van der Waals surface area contributed by atoms with Gasteiger partial charge >= 0.3 is 0 Å². The topological polar surface area (TPSA) is 510 Å². The largest absolute Gasteiger partial charge is 0.394 e. The average molecular weight is 967 g/mol. The van der Waals surface area contributed by atoms with Crippen molar-refractivity contribution in [2.75, 3.05) is 39.6 Å². The molecule has 30 heteroatoms. The number of hydrogen-bond acceptors (Lipinski definition) is 30. The van der Waals surface area contributed by atoms with Gasteiger partial charge in [0.25, 0.3) is 0 Å². The van der Waals surface area contributed by atoms with Gasteiger partial charge in [-0.15, -0.1) is 0 Å². The van der Waals surface area contributed by atoms with Crippen molar-refractivity contribution in [3.05, 3.63) is 0 Å². The van der Waals surface area contributed by atoms with Gasteiger partial charge in [-0.05, 0) is 0 Å². The van der Waals surface area contributed by atoms with Gasteiger partial charge in [-0.25, -0.2) is 0 Å². The lowest BCUT2D eigenvalue weighted by atomic mass is 9.93. The van der Waals surface area contributed by atoms with Crippen LogP contribution >= 0.6 is 0 Å². The third kappa shape index (κ3) is 10.0. The molecule has 384 valence electrons. The monoisotopic (exact) mass is 966 g/mol. The Morgan fingerprint density at radius 3 is 0.455 bits per heavy atom. The fourth-order valence-electron chi connectivity index (χ4n) is 9.20. The fraction of sp³-hybridized carbons (Fsp3) is 1.00. The molecule has 30 nitrogen and oxygen atoms in total. The summed E-state index contributed by atoms with van der Waals surface area (Å²) in [7, 11) is 0. The van der Waals surface area contributed by atoms with Gasteiger partial charge < -0.3 is 153 Å². The molecule has 0 aromatic carbocycles. The second kappa shape index (κ2) is 22.1. The van der Waals surface area contributed by atoms with Crippen molar-refractivity contribution in [2.45, 2.75) is 184 Å². The standard InChI is InChI=1S/C36H66N6O24/c37-13-19(49)25-7(1-43)55-31(13)62-26-8(2-44)57-33(15(39)21(26)51)64-28-10(4-46)59-35(17(41)23(28)53)66-30-12(6-48)60-36(18(42)24(30)54)65-29-11(5-47)58-34(16(40)22(29)52)63-27-9(3-45)56-32(61-25)14(38)20(27)50/h7-36,43-54H,1-6,37-42H2/t7?,8?,9?,10?,11?,12?,13?,14?,15?,16?,17?,18?,19-,20-,21-,22-,23-,24-,25-,26-,27-,28-,29-,30-,31-,32-,33-,34-,35-,36-/m1/s1. The lowest BCUT2D eigenvalue weighted by Crippen LogP contribution is -2.71. The first-order valence-electron chi connectivity index (χ1n) is 21.6. The summed E-state index contributed by atoms with van der Waals surface area (Å²) in [6.45, 7) is -5.08. The molecule has 12 bridgehead atoms. The second-order valence-electron chi connectivity index (χ2n) is 17.4. The Hall–Kier alpha value is -1.20. The molecular formula is C36H66N6O24. The molecule has 22 saturated heterocycles. The van der Waals surface area contributed by atoms with Crippen LogP contribution in [0.4, 0.5) is 0 Å². The minimum Gasteiger partial charge on any atom is -0.394 e. The molecule has 12 unspecified atom stereocenters. The summed E-state index contributed by atoms with van der Waals surface area (Å²) >= 11 is 0. The number of ether oxygens (including phenoxy) is 12. The Kier molecular flexibility index (Phi) is 17.6. The first-order chi connectivity index (χ1) is 31.4. The Balaban J connectivity index is 1.19. The van der Waals surface area contributed by atoms with E-state index in [-0.39, 0.29) is 0 Å². The van der Waals surface area contributed by atoms with E-state index >= 15 is 0 Å². The summed E-state index contributed by atoms with van der Waals surface area (Å²) in [6, 6.07) is -9.19. The zero-order valence-electron chi connectivity index (χ0n) is 35.3. The Morgan fingerprint density at radius 1 is 0.227 bits per heavy atom. The number of aliphatic hydroxyl groups is 12. The van der Waals surface area contributed by atoms with E-state index in [9.17, 15) is 61.3 Å². The van der Waals surface area contributed by atoms with Gasteiger partial charge in [0.05, 0.1) is 75.9 Å². The van der Waals surface area contributed by atoms with Crippen molar-refractivity contribution in [3.8, 4) is 0 Å². The van der Waals surface area contributed by atoms with Crippen LogP contribution in [0.2, 0.25) is 0 Å². The van der Waals surface area contributed by atoms with Crippen LogP contribution in [0.5, 0.6) is 0 Å². The first kappa shape index (κ1) is 52.6. The molecule has 24 N–H and O–H groups in total. The minimum atomic E-state index is -1.76. The van der Waals surface area contributed by atoms with Gasteiger partial charge in [-0.3, -0.25) is 0 Å². The molecule has 22 aliphatic heterocycles. The number of rotatable bonds is 6. The molecule has 0 radical (unpaired) electrons. The highest BCUT2D eigenvalue weighted by molar-refractivity contribution is 5.03. The molecule has 0 amide bonds. The highest BCUT2D eigenvalue weighted by Gasteiger charge is 2.57. The lowest BCUT2D eigenvalue weighted by molar-refractivity contribution is -0.375. The SMILES string of the molecule is NC1[C@@H]2OC(CO)[C@@H](O[C@H]3OC(CO)[C@@H](O[C@H]4OC(CO)[C@@H](O[C@H]5OC(CO)[C@@H](O[C@H]6OC(CO)[C@@H](O[C@H]7OC(CO)[C@@H](O2)[C@H](O)C7N)[C@H](O)C6N)[C@H](O)C5N)[C@H](O)C4N)[C@H](O)C3N)[C@@H]1O. The Bertz CT molecular complexity index is 1260. The maximum absolute atomic E-state index is 11.4. The van der Waals surface area contributed by atoms with E-state index in [1.165, 1.54) is 0 Å². The van der Waals surface area contributed by atoms with E-state index in [0.29, 0.717) is 0 Å². The van der Waals surface area contributed by atoms with Crippen molar-refractivity contribution in [1.29, 1.82) is 0 Å². The van der Waals surface area contributed by atoms with Crippen LogP contribution in [0.25, 0.3) is 0 Å². The van der Waals surface area contributed by atoms with Crippen molar-refractivity contribution in [1.82, 2.24) is 0 Å². The van der Waals surface area contributed by atoms with Crippen LogP contribution in [0, 0.1) is 0 Å². The van der Waals surface area contributed by atoms with E-state index < -0.39 is 224 Å². The van der Waals surface area contributed by atoms with Crippen LogP contribution in [0.1, 0.15) is 0 Å². The van der Waals surface area contributed by atoms with E-state index in [1.807, 2.05) is 0 Å². The average Bonchev–Trinajstić information content (AvgIpc) is 3.31. The van der Waals surface area contributed by atoms with Crippen LogP contribution < -0.4 is 34.4 Å². The number of hydrogen-bond donors (Lipinski definition) is 18. The van der Waals surface area contributed by atoms with Gasteiger partial charge in [-0.2, -0.15) is 0 Å². The second-order valence-corrected chi connectivity index (χ2v) is 17.4. The van der Waals surface area contributed by atoms with Crippen LogP contribution in [0.3, 0.4) is 0 Å². The predicted molar refractivity (Wildman–Crippen MR) is 208 cm³/mol. The van der Waals surface area contributed by atoms with Crippen molar-refractivity contribution >= 4 is 0 Å². The summed E-state index contributed by atoms with van der Waals surface area (Å²) in [4.78, 5) is 0. The van der Waals surface area contributed by atoms with E-state index in [2.05, 4.69) is 0 Å². The van der Waals surface area contributed by atoms with Crippen LogP contribution in [-0.2, 0) is 56.8 Å². The highest BCUT2D eigenvalue weighted by Crippen LogP contribution is 2.37. The van der Waals surface area contributed by atoms with Gasteiger partial charge in [0, 0.05) is 0 Å². The zero-order chi connectivity index (χ0) is 48.0. The summed E-state index contributed by atoms with van der Waals surface area (Å²) in [6.07, 6.45) is -38.6. The quantitative estimate of drug-likeness (QED) is 0.117. The van der Waals surface area contributed by atoms with Crippen molar-refractivity contribution in [2.24, 2.45) is 34.4 Å². The summed E-state index contributed by atoms with van der Waals surface area (Å²) in [5, 5.41) is 131. The van der Waals surface area contributed by atoms with E-state index in [1.54, 1.807) is 0 Å². The number of nitrogens with two attached hydrogens (primary N) is 6. The van der Waals surface area contributed by atoms with Crippen molar-refractivity contribution in [3.63, 3.8) is 0 Å².